The van der Waals surface area contributed by atoms with Crippen molar-refractivity contribution in [3.05, 3.63) is 0 Å². The van der Waals surface area contributed by atoms with Crippen LogP contribution in [-0.2, 0) is 9.59 Å². The van der Waals surface area contributed by atoms with Gasteiger partial charge < -0.3 is 14.7 Å². The highest BCUT2D eigenvalue weighted by Crippen LogP contribution is 2.20. The monoisotopic (exact) mass is 283 g/mol. The maximum absolute atomic E-state index is 12.3. The van der Waals surface area contributed by atoms with Gasteiger partial charge in [-0.25, -0.2) is 0 Å². The highest BCUT2D eigenvalue weighted by Gasteiger charge is 2.23. The van der Waals surface area contributed by atoms with Gasteiger partial charge in [-0.1, -0.05) is 0 Å². The number of likely N-dealkylation sites (N-methyl/N-ethyl adjacent to an activating group) is 2. The van der Waals surface area contributed by atoms with Gasteiger partial charge in [0.05, 0.1) is 6.54 Å². The molecule has 5 nitrogen and oxygen atoms in total. The molecule has 0 saturated carbocycles. The number of carbonyl (C=O) groups excluding carboxylic acids is 2. The SMILES string of the molecule is CCN(C)C(=O)CN(CC)C(=O)CC1CCN(C)CC1. The van der Waals surface area contributed by atoms with Gasteiger partial charge in [0.2, 0.25) is 11.8 Å². The third kappa shape index (κ3) is 5.12. The van der Waals surface area contributed by atoms with E-state index in [0.29, 0.717) is 25.4 Å². The van der Waals surface area contributed by atoms with E-state index in [1.54, 1.807) is 16.8 Å². The Morgan fingerprint density at radius 1 is 1.10 bits per heavy atom. The molecule has 20 heavy (non-hydrogen) atoms. The maximum Gasteiger partial charge on any atom is 0.241 e. The highest BCUT2D eigenvalue weighted by molar-refractivity contribution is 5.84. The molecule has 0 spiro atoms. The van der Waals surface area contributed by atoms with Crippen molar-refractivity contribution in [3.8, 4) is 0 Å². The van der Waals surface area contributed by atoms with Crippen LogP contribution in [0.5, 0.6) is 0 Å². The molecule has 1 saturated heterocycles. The second-order valence-corrected chi connectivity index (χ2v) is 5.77. The lowest BCUT2D eigenvalue weighted by molar-refractivity contribution is -0.140. The fraction of sp³-hybridized carbons (Fsp3) is 0.867. The molecule has 5 heteroatoms. The number of rotatable bonds is 6. The van der Waals surface area contributed by atoms with Gasteiger partial charge in [0, 0.05) is 26.6 Å². The predicted octanol–water partition coefficient (Wildman–Crippen LogP) is 1.05. The first-order valence-electron chi connectivity index (χ1n) is 7.68. The molecule has 0 radical (unpaired) electrons. The summed E-state index contributed by atoms with van der Waals surface area (Å²) in [4.78, 5) is 29.9. The van der Waals surface area contributed by atoms with Crippen molar-refractivity contribution in [1.82, 2.24) is 14.7 Å². The van der Waals surface area contributed by atoms with E-state index in [1.807, 2.05) is 13.8 Å². The fourth-order valence-electron chi connectivity index (χ4n) is 2.48. The molecule has 1 rings (SSSR count). The topological polar surface area (TPSA) is 43.9 Å². The van der Waals surface area contributed by atoms with Crippen molar-refractivity contribution in [2.75, 3.05) is 46.8 Å². The summed E-state index contributed by atoms with van der Waals surface area (Å²) < 4.78 is 0. The number of amides is 2. The molecule has 116 valence electrons. The maximum atomic E-state index is 12.3. The van der Waals surface area contributed by atoms with Crippen LogP contribution >= 0.6 is 0 Å². The summed E-state index contributed by atoms with van der Waals surface area (Å²) >= 11 is 0. The zero-order chi connectivity index (χ0) is 15.1. The molecular weight excluding hydrogens is 254 g/mol. The molecular formula is C15H29N3O2. The largest absolute Gasteiger partial charge is 0.345 e. The Morgan fingerprint density at radius 3 is 2.20 bits per heavy atom. The molecule has 1 aliphatic heterocycles. The summed E-state index contributed by atoms with van der Waals surface area (Å²) in [5.74, 6) is 0.623. The quantitative estimate of drug-likeness (QED) is 0.732. The third-order valence-electron chi connectivity index (χ3n) is 4.26. The van der Waals surface area contributed by atoms with Crippen LogP contribution in [0.2, 0.25) is 0 Å². The van der Waals surface area contributed by atoms with Gasteiger partial charge >= 0.3 is 0 Å². The Morgan fingerprint density at radius 2 is 1.70 bits per heavy atom. The Balaban J connectivity index is 2.44. The first-order valence-corrected chi connectivity index (χ1v) is 7.68. The van der Waals surface area contributed by atoms with E-state index in [9.17, 15) is 9.59 Å². The van der Waals surface area contributed by atoms with Crippen LogP contribution in [0, 0.1) is 5.92 Å². The number of likely N-dealkylation sites (tertiary alicyclic amines) is 1. The molecule has 0 N–H and O–H groups in total. The summed E-state index contributed by atoms with van der Waals surface area (Å²) in [6.07, 6.45) is 2.76. The van der Waals surface area contributed by atoms with Gasteiger partial charge in [-0.2, -0.15) is 0 Å². The number of carbonyl (C=O) groups is 2. The van der Waals surface area contributed by atoms with Crippen LogP contribution in [0.15, 0.2) is 0 Å². The summed E-state index contributed by atoms with van der Waals surface area (Å²) in [6, 6.07) is 0. The van der Waals surface area contributed by atoms with E-state index >= 15 is 0 Å². The van der Waals surface area contributed by atoms with E-state index < -0.39 is 0 Å². The smallest absolute Gasteiger partial charge is 0.241 e. The predicted molar refractivity (Wildman–Crippen MR) is 80.4 cm³/mol. The molecule has 0 aromatic heterocycles. The average molecular weight is 283 g/mol. The molecule has 0 aromatic carbocycles. The van der Waals surface area contributed by atoms with Crippen molar-refractivity contribution in [3.63, 3.8) is 0 Å². The summed E-state index contributed by atoms with van der Waals surface area (Å²) in [7, 11) is 3.90. The fourth-order valence-corrected chi connectivity index (χ4v) is 2.48. The number of piperidine rings is 1. The minimum Gasteiger partial charge on any atom is -0.345 e. The van der Waals surface area contributed by atoms with Gasteiger partial charge in [-0.3, -0.25) is 9.59 Å². The molecule has 1 heterocycles. The van der Waals surface area contributed by atoms with Crippen LogP contribution in [0.25, 0.3) is 0 Å². The molecule has 0 unspecified atom stereocenters. The van der Waals surface area contributed by atoms with Crippen molar-refractivity contribution < 1.29 is 9.59 Å². The number of nitrogens with zero attached hydrogens (tertiary/aromatic N) is 3. The van der Waals surface area contributed by atoms with Crippen LogP contribution < -0.4 is 0 Å². The van der Waals surface area contributed by atoms with E-state index in [-0.39, 0.29) is 18.4 Å². The van der Waals surface area contributed by atoms with Gasteiger partial charge in [0.25, 0.3) is 0 Å². The lowest BCUT2D eigenvalue weighted by Crippen LogP contribution is -2.42. The van der Waals surface area contributed by atoms with Gasteiger partial charge in [0.1, 0.15) is 0 Å². The van der Waals surface area contributed by atoms with Gasteiger partial charge in [0.15, 0.2) is 0 Å². The Labute approximate surface area is 122 Å². The third-order valence-corrected chi connectivity index (χ3v) is 4.26. The lowest BCUT2D eigenvalue weighted by atomic mass is 9.93. The van der Waals surface area contributed by atoms with Crippen molar-refractivity contribution >= 4 is 11.8 Å². The normalized spacial score (nSPS) is 17.0. The van der Waals surface area contributed by atoms with Gasteiger partial charge in [-0.05, 0) is 52.7 Å². The number of hydrogen-bond donors (Lipinski definition) is 0. The van der Waals surface area contributed by atoms with E-state index in [1.165, 1.54) is 0 Å². The molecule has 0 atom stereocenters. The lowest BCUT2D eigenvalue weighted by Gasteiger charge is -2.30. The second kappa shape index (κ2) is 8.25. The Hall–Kier alpha value is -1.10. The van der Waals surface area contributed by atoms with Crippen LogP contribution in [-0.4, -0.2) is 73.3 Å². The molecule has 2 amide bonds. The first kappa shape index (κ1) is 17.0. The minimum atomic E-state index is 0.0195. The van der Waals surface area contributed by atoms with Crippen LogP contribution in [0.3, 0.4) is 0 Å². The minimum absolute atomic E-state index is 0.0195. The van der Waals surface area contributed by atoms with Crippen molar-refractivity contribution in [2.24, 2.45) is 5.92 Å². The molecule has 1 aliphatic rings. The zero-order valence-corrected chi connectivity index (χ0v) is 13.4. The van der Waals surface area contributed by atoms with Gasteiger partial charge in [-0.15, -0.1) is 0 Å². The standard InChI is InChI=1S/C15H29N3O2/c1-5-17(4)15(20)12-18(6-2)14(19)11-13-7-9-16(3)10-8-13/h13H,5-12H2,1-4H3. The average Bonchev–Trinajstić information content (AvgIpc) is 2.45. The Bertz CT molecular complexity index is 325. The van der Waals surface area contributed by atoms with E-state index in [4.69, 9.17) is 0 Å². The summed E-state index contributed by atoms with van der Waals surface area (Å²) in [5.41, 5.74) is 0. The van der Waals surface area contributed by atoms with E-state index in [0.717, 1.165) is 25.9 Å². The molecule has 0 bridgehead atoms. The summed E-state index contributed by atoms with van der Waals surface area (Å²) in [5, 5.41) is 0. The Kier molecular flexibility index (Phi) is 6.99. The first-order chi connectivity index (χ1) is 9.47. The highest BCUT2D eigenvalue weighted by atomic mass is 16.2. The summed E-state index contributed by atoms with van der Waals surface area (Å²) in [6.45, 7) is 7.52. The molecule has 0 aromatic rings. The second-order valence-electron chi connectivity index (χ2n) is 5.77. The van der Waals surface area contributed by atoms with Crippen molar-refractivity contribution in [2.45, 2.75) is 33.1 Å². The van der Waals surface area contributed by atoms with Crippen LogP contribution in [0.4, 0.5) is 0 Å². The zero-order valence-electron chi connectivity index (χ0n) is 13.4. The molecule has 0 aliphatic carbocycles. The number of hydrogen-bond acceptors (Lipinski definition) is 3. The molecule has 1 fully saturated rings. The van der Waals surface area contributed by atoms with Crippen molar-refractivity contribution in [1.29, 1.82) is 0 Å². The van der Waals surface area contributed by atoms with Crippen LogP contribution in [0.1, 0.15) is 33.1 Å². The van der Waals surface area contributed by atoms with E-state index in [2.05, 4.69) is 11.9 Å².